The Labute approximate surface area is 158 Å². The Balaban J connectivity index is 1.45. The van der Waals surface area contributed by atoms with Gasteiger partial charge in [-0.15, -0.1) is 0 Å². The summed E-state index contributed by atoms with van der Waals surface area (Å²) in [6.45, 7) is 3.82. The molecule has 2 aliphatic rings. The van der Waals surface area contributed by atoms with Gasteiger partial charge in [-0.05, 0) is 37.1 Å². The van der Waals surface area contributed by atoms with E-state index in [0.717, 1.165) is 44.8 Å². The summed E-state index contributed by atoms with van der Waals surface area (Å²) in [6, 6.07) is 6.18. The Morgan fingerprint density at radius 1 is 1.20 bits per heavy atom. The zero-order valence-corrected chi connectivity index (χ0v) is 15.7. The number of nitrogens with one attached hydrogen (secondary N) is 1. The average molecular weight is 377 g/mol. The summed E-state index contributed by atoms with van der Waals surface area (Å²) in [6.07, 6.45) is 6.65. The molecule has 0 spiro atoms. The minimum atomic E-state index is 0.327. The first-order valence-corrected chi connectivity index (χ1v) is 9.69. The fourth-order valence-electron chi connectivity index (χ4n) is 3.66. The zero-order valence-electron chi connectivity index (χ0n) is 14.1. The molecule has 0 saturated carbocycles. The van der Waals surface area contributed by atoms with Crippen LogP contribution in [0, 0.1) is 0 Å². The molecule has 2 aliphatic heterocycles. The van der Waals surface area contributed by atoms with Gasteiger partial charge in [-0.1, -0.05) is 35.7 Å². The molecule has 1 atom stereocenters. The van der Waals surface area contributed by atoms with Gasteiger partial charge < -0.3 is 5.32 Å². The highest BCUT2D eigenvalue weighted by Gasteiger charge is 2.22. The molecule has 4 rings (SSSR count). The van der Waals surface area contributed by atoms with Crippen molar-refractivity contribution in [1.29, 1.82) is 0 Å². The van der Waals surface area contributed by atoms with Gasteiger partial charge in [0.2, 0.25) is 0 Å². The summed E-state index contributed by atoms with van der Waals surface area (Å²) in [5, 5.41) is 4.75. The molecule has 0 aliphatic carbocycles. The lowest BCUT2D eigenvalue weighted by Crippen LogP contribution is -2.33. The zero-order chi connectivity index (χ0) is 17.2. The maximum absolute atomic E-state index is 6.13. The number of benzene rings is 1. The van der Waals surface area contributed by atoms with Crippen LogP contribution in [0.5, 0.6) is 0 Å². The van der Waals surface area contributed by atoms with Crippen molar-refractivity contribution in [2.45, 2.75) is 44.8 Å². The largest absolute Gasteiger partial charge is 0.307 e. The number of hydrogen-bond acceptors (Lipinski definition) is 4. The Morgan fingerprint density at radius 3 is 2.92 bits per heavy atom. The molecule has 1 aromatic heterocycles. The standard InChI is InChI=1S/C19H22Cl2N4/c20-15-5-4-13(9-16(15)21)11-25-8-6-17-14(12-25)10-23-19(24-17)18-3-1-2-7-22-18/h4-5,9-10,18,22H,1-3,6-8,11-12H2. The van der Waals surface area contributed by atoms with Crippen molar-refractivity contribution in [2.75, 3.05) is 13.1 Å². The van der Waals surface area contributed by atoms with E-state index in [1.165, 1.54) is 29.7 Å². The van der Waals surface area contributed by atoms with E-state index in [1.807, 2.05) is 24.4 Å². The van der Waals surface area contributed by atoms with Crippen molar-refractivity contribution in [3.8, 4) is 0 Å². The molecule has 1 N–H and O–H groups in total. The van der Waals surface area contributed by atoms with Gasteiger partial charge in [0.05, 0.1) is 16.1 Å². The lowest BCUT2D eigenvalue weighted by atomic mass is 10.0. The summed E-state index contributed by atoms with van der Waals surface area (Å²) in [7, 11) is 0. The Hall–Kier alpha value is -1.20. The highest BCUT2D eigenvalue weighted by atomic mass is 35.5. The molecule has 1 fully saturated rings. The molecule has 3 heterocycles. The number of rotatable bonds is 3. The monoisotopic (exact) mass is 376 g/mol. The third-order valence-electron chi connectivity index (χ3n) is 5.04. The summed E-state index contributed by atoms with van der Waals surface area (Å²) in [5.41, 5.74) is 3.63. The van der Waals surface area contributed by atoms with Gasteiger partial charge in [-0.25, -0.2) is 9.97 Å². The number of piperidine rings is 1. The van der Waals surface area contributed by atoms with E-state index >= 15 is 0 Å². The van der Waals surface area contributed by atoms with Crippen molar-refractivity contribution in [3.05, 3.63) is 57.1 Å². The van der Waals surface area contributed by atoms with E-state index < -0.39 is 0 Å². The van der Waals surface area contributed by atoms with Gasteiger partial charge in [-0.2, -0.15) is 0 Å². The maximum Gasteiger partial charge on any atom is 0.145 e. The molecular formula is C19H22Cl2N4. The van der Waals surface area contributed by atoms with Crippen molar-refractivity contribution >= 4 is 23.2 Å². The van der Waals surface area contributed by atoms with Gasteiger partial charge in [-0.3, -0.25) is 4.90 Å². The fraction of sp³-hybridized carbons (Fsp3) is 0.474. The van der Waals surface area contributed by atoms with Gasteiger partial charge in [0.1, 0.15) is 5.82 Å². The van der Waals surface area contributed by atoms with Crippen LogP contribution < -0.4 is 5.32 Å². The Kier molecular flexibility index (Phi) is 5.23. The van der Waals surface area contributed by atoms with Crippen LogP contribution >= 0.6 is 23.2 Å². The highest BCUT2D eigenvalue weighted by Crippen LogP contribution is 2.26. The average Bonchev–Trinajstić information content (AvgIpc) is 2.65. The quantitative estimate of drug-likeness (QED) is 0.872. The summed E-state index contributed by atoms with van der Waals surface area (Å²) >= 11 is 12.1. The van der Waals surface area contributed by atoms with Crippen LogP contribution in [0.2, 0.25) is 10.0 Å². The second-order valence-electron chi connectivity index (χ2n) is 6.91. The van der Waals surface area contributed by atoms with Gasteiger partial charge in [0, 0.05) is 43.5 Å². The third-order valence-corrected chi connectivity index (χ3v) is 5.78. The molecule has 2 aromatic rings. The number of fused-ring (bicyclic) bond motifs is 1. The van der Waals surface area contributed by atoms with Crippen LogP contribution in [0.1, 0.15) is 47.9 Å². The van der Waals surface area contributed by atoms with Crippen LogP contribution in [-0.2, 0) is 19.5 Å². The second kappa shape index (κ2) is 7.58. The van der Waals surface area contributed by atoms with Gasteiger partial charge >= 0.3 is 0 Å². The minimum absolute atomic E-state index is 0.327. The third kappa shape index (κ3) is 3.98. The molecule has 0 radical (unpaired) electrons. The van der Waals surface area contributed by atoms with Crippen LogP contribution in [0.4, 0.5) is 0 Å². The summed E-state index contributed by atoms with van der Waals surface area (Å²) in [4.78, 5) is 11.9. The molecule has 0 bridgehead atoms. The maximum atomic E-state index is 6.13. The number of nitrogens with zero attached hydrogens (tertiary/aromatic N) is 3. The molecule has 132 valence electrons. The predicted octanol–water partition coefficient (Wildman–Crippen LogP) is 4.16. The molecule has 0 amide bonds. The van der Waals surface area contributed by atoms with Crippen LogP contribution in [0.3, 0.4) is 0 Å². The van der Waals surface area contributed by atoms with Crippen LogP contribution in [0.25, 0.3) is 0 Å². The second-order valence-corrected chi connectivity index (χ2v) is 7.73. The van der Waals surface area contributed by atoms with Crippen molar-refractivity contribution in [3.63, 3.8) is 0 Å². The lowest BCUT2D eigenvalue weighted by molar-refractivity contribution is 0.242. The van der Waals surface area contributed by atoms with Gasteiger partial charge in [0.25, 0.3) is 0 Å². The van der Waals surface area contributed by atoms with Crippen molar-refractivity contribution in [1.82, 2.24) is 20.2 Å². The van der Waals surface area contributed by atoms with E-state index in [4.69, 9.17) is 28.2 Å². The first-order chi connectivity index (χ1) is 12.2. The fourth-order valence-corrected chi connectivity index (χ4v) is 3.98. The van der Waals surface area contributed by atoms with Crippen molar-refractivity contribution < 1.29 is 0 Å². The first-order valence-electron chi connectivity index (χ1n) is 8.93. The molecular weight excluding hydrogens is 355 g/mol. The van der Waals surface area contributed by atoms with Crippen LogP contribution in [0.15, 0.2) is 24.4 Å². The number of hydrogen-bond donors (Lipinski definition) is 1. The molecule has 4 nitrogen and oxygen atoms in total. The highest BCUT2D eigenvalue weighted by molar-refractivity contribution is 6.42. The van der Waals surface area contributed by atoms with E-state index in [2.05, 4.69) is 15.2 Å². The predicted molar refractivity (Wildman–Crippen MR) is 101 cm³/mol. The smallest absolute Gasteiger partial charge is 0.145 e. The number of aromatic nitrogens is 2. The molecule has 25 heavy (non-hydrogen) atoms. The van der Waals surface area contributed by atoms with E-state index in [9.17, 15) is 0 Å². The SMILES string of the molecule is Clc1ccc(CN2CCc3nc(C4CCCCN4)ncc3C2)cc1Cl. The molecule has 6 heteroatoms. The Morgan fingerprint density at radius 2 is 2.12 bits per heavy atom. The number of halogens is 2. The summed E-state index contributed by atoms with van der Waals surface area (Å²) in [5.74, 6) is 0.969. The first kappa shape index (κ1) is 17.2. The molecule has 1 aromatic carbocycles. The Bertz CT molecular complexity index is 759. The van der Waals surface area contributed by atoms with Gasteiger partial charge in [0.15, 0.2) is 0 Å². The normalized spacial score (nSPS) is 21.1. The summed E-state index contributed by atoms with van der Waals surface area (Å²) < 4.78 is 0. The van der Waals surface area contributed by atoms with Crippen LogP contribution in [-0.4, -0.2) is 28.0 Å². The molecule has 1 unspecified atom stereocenters. The molecule has 1 saturated heterocycles. The van der Waals surface area contributed by atoms with E-state index in [0.29, 0.717) is 16.1 Å². The lowest BCUT2D eigenvalue weighted by Gasteiger charge is -2.29. The minimum Gasteiger partial charge on any atom is -0.307 e. The van der Waals surface area contributed by atoms with Crippen molar-refractivity contribution in [2.24, 2.45) is 0 Å². The van der Waals surface area contributed by atoms with E-state index in [1.54, 1.807) is 0 Å². The van der Waals surface area contributed by atoms with E-state index in [-0.39, 0.29) is 0 Å². The topological polar surface area (TPSA) is 41.1 Å².